The van der Waals surface area contributed by atoms with E-state index in [0.717, 1.165) is 25.9 Å². The number of hydrogen-bond donors (Lipinski definition) is 1. The summed E-state index contributed by atoms with van der Waals surface area (Å²) in [4.78, 5) is 26.2. The standard InChI is InChI=1S/C21H25Cl2NO3/c22-17-5-4-6-18(23)16(17)13-15(20(26)27)14-19(25)24-11-9-21(10-12-24)7-2-1-3-8-21/h4-6,13H,1-3,7-12,14H2,(H,26,27)/b15-13+. The van der Waals surface area contributed by atoms with Gasteiger partial charge in [-0.2, -0.15) is 0 Å². The van der Waals surface area contributed by atoms with E-state index < -0.39 is 5.97 Å². The highest BCUT2D eigenvalue weighted by Crippen LogP contribution is 2.44. The van der Waals surface area contributed by atoms with Crippen molar-refractivity contribution in [2.75, 3.05) is 13.1 Å². The molecular formula is C21H25Cl2NO3. The lowest BCUT2D eigenvalue weighted by Crippen LogP contribution is -2.44. The van der Waals surface area contributed by atoms with Crippen molar-refractivity contribution in [2.45, 2.75) is 51.4 Å². The van der Waals surface area contributed by atoms with Gasteiger partial charge in [-0.05, 0) is 49.3 Å². The van der Waals surface area contributed by atoms with Crippen molar-refractivity contribution < 1.29 is 14.7 Å². The van der Waals surface area contributed by atoms with Crippen molar-refractivity contribution in [3.8, 4) is 0 Å². The quantitative estimate of drug-likeness (QED) is 0.674. The number of benzene rings is 1. The molecule has 0 bridgehead atoms. The Hall–Kier alpha value is -1.52. The Morgan fingerprint density at radius 2 is 1.63 bits per heavy atom. The van der Waals surface area contributed by atoms with E-state index in [-0.39, 0.29) is 17.9 Å². The summed E-state index contributed by atoms with van der Waals surface area (Å²) in [6.45, 7) is 1.44. The van der Waals surface area contributed by atoms with Crippen molar-refractivity contribution >= 4 is 41.2 Å². The third-order valence-electron chi connectivity index (χ3n) is 6.03. The van der Waals surface area contributed by atoms with Gasteiger partial charge in [0.25, 0.3) is 0 Å². The second-order valence-corrected chi connectivity index (χ2v) is 8.54. The van der Waals surface area contributed by atoms with Crippen LogP contribution in [-0.2, 0) is 9.59 Å². The maximum Gasteiger partial charge on any atom is 0.332 e. The summed E-state index contributed by atoms with van der Waals surface area (Å²) in [7, 11) is 0. The third-order valence-corrected chi connectivity index (χ3v) is 6.68. The molecule has 1 saturated heterocycles. The Morgan fingerprint density at radius 1 is 1.04 bits per heavy atom. The molecule has 1 amide bonds. The number of piperidine rings is 1. The molecule has 0 radical (unpaired) electrons. The lowest BCUT2D eigenvalue weighted by Gasteiger charge is -2.44. The highest BCUT2D eigenvalue weighted by Gasteiger charge is 2.36. The molecule has 1 aromatic carbocycles. The fourth-order valence-corrected chi connectivity index (χ4v) is 4.82. The average molecular weight is 410 g/mol. The molecule has 1 spiro atoms. The van der Waals surface area contributed by atoms with Crippen molar-refractivity contribution in [2.24, 2.45) is 5.41 Å². The Morgan fingerprint density at radius 3 is 2.19 bits per heavy atom. The molecule has 0 aromatic heterocycles. The van der Waals surface area contributed by atoms with Crippen molar-refractivity contribution in [3.63, 3.8) is 0 Å². The number of carbonyl (C=O) groups excluding carboxylic acids is 1. The molecule has 2 fully saturated rings. The summed E-state index contributed by atoms with van der Waals surface area (Å²) in [6.07, 6.45) is 9.75. The molecular weight excluding hydrogens is 385 g/mol. The maximum absolute atomic E-state index is 12.7. The molecule has 1 aliphatic carbocycles. The van der Waals surface area contributed by atoms with Crippen LogP contribution in [0.4, 0.5) is 0 Å². The SMILES string of the molecule is O=C(O)/C(=C/c1c(Cl)cccc1Cl)CC(=O)N1CCC2(CCCCC2)CC1. The van der Waals surface area contributed by atoms with Crippen LogP contribution in [0.3, 0.4) is 0 Å². The zero-order chi connectivity index (χ0) is 19.4. The monoisotopic (exact) mass is 409 g/mol. The molecule has 1 aliphatic heterocycles. The molecule has 4 nitrogen and oxygen atoms in total. The van der Waals surface area contributed by atoms with E-state index in [1.807, 2.05) is 4.90 Å². The predicted molar refractivity (Wildman–Crippen MR) is 108 cm³/mol. The summed E-state index contributed by atoms with van der Waals surface area (Å²) >= 11 is 12.3. The van der Waals surface area contributed by atoms with Crippen LogP contribution in [0.2, 0.25) is 10.0 Å². The highest BCUT2D eigenvalue weighted by atomic mass is 35.5. The first-order valence-corrected chi connectivity index (χ1v) is 10.3. The Labute approximate surface area is 170 Å². The number of carbonyl (C=O) groups is 2. The van der Waals surface area contributed by atoms with Crippen LogP contribution in [0.1, 0.15) is 56.9 Å². The number of hydrogen-bond acceptors (Lipinski definition) is 2. The van der Waals surface area contributed by atoms with Crippen LogP contribution in [0, 0.1) is 5.41 Å². The van der Waals surface area contributed by atoms with E-state index >= 15 is 0 Å². The van der Waals surface area contributed by atoms with Gasteiger partial charge in [-0.1, -0.05) is 48.5 Å². The number of carboxylic acid groups (broad SMARTS) is 1. The largest absolute Gasteiger partial charge is 0.478 e. The Bertz CT molecular complexity index is 724. The van der Waals surface area contributed by atoms with Crippen LogP contribution in [-0.4, -0.2) is 35.0 Å². The molecule has 0 unspecified atom stereocenters. The smallest absolute Gasteiger partial charge is 0.332 e. The van der Waals surface area contributed by atoms with Crippen LogP contribution in [0.15, 0.2) is 23.8 Å². The van der Waals surface area contributed by atoms with Gasteiger partial charge in [0.05, 0.1) is 6.42 Å². The van der Waals surface area contributed by atoms with Crippen molar-refractivity contribution in [1.82, 2.24) is 4.90 Å². The lowest BCUT2D eigenvalue weighted by molar-refractivity contribution is -0.137. The predicted octanol–water partition coefficient (Wildman–Crippen LogP) is 5.42. The van der Waals surface area contributed by atoms with Gasteiger partial charge in [0, 0.05) is 34.3 Å². The fourth-order valence-electron chi connectivity index (χ4n) is 4.32. The fraction of sp³-hybridized carbons (Fsp3) is 0.524. The first kappa shape index (κ1) is 20.2. The summed E-state index contributed by atoms with van der Waals surface area (Å²) < 4.78 is 0. The minimum Gasteiger partial charge on any atom is -0.478 e. The maximum atomic E-state index is 12.7. The van der Waals surface area contributed by atoms with Crippen LogP contribution < -0.4 is 0 Å². The molecule has 1 aromatic rings. The van der Waals surface area contributed by atoms with E-state index in [9.17, 15) is 14.7 Å². The number of halogens is 2. The molecule has 3 rings (SSSR count). The number of carboxylic acids is 1. The average Bonchev–Trinajstić information content (AvgIpc) is 2.65. The Kier molecular flexibility index (Phi) is 6.48. The third kappa shape index (κ3) is 4.85. The van der Waals surface area contributed by atoms with Crippen LogP contribution >= 0.6 is 23.2 Å². The number of amides is 1. The van der Waals surface area contributed by atoms with Gasteiger partial charge in [-0.15, -0.1) is 0 Å². The van der Waals surface area contributed by atoms with Gasteiger partial charge in [0.1, 0.15) is 0 Å². The van der Waals surface area contributed by atoms with E-state index in [1.165, 1.54) is 38.2 Å². The molecule has 0 atom stereocenters. The molecule has 146 valence electrons. The zero-order valence-electron chi connectivity index (χ0n) is 15.3. The molecule has 1 saturated carbocycles. The van der Waals surface area contributed by atoms with E-state index in [1.54, 1.807) is 18.2 Å². The number of likely N-dealkylation sites (tertiary alicyclic amines) is 1. The minimum absolute atomic E-state index is 0.00736. The minimum atomic E-state index is -1.12. The summed E-state index contributed by atoms with van der Waals surface area (Å²) in [5.41, 5.74) is 0.852. The van der Waals surface area contributed by atoms with Gasteiger partial charge in [-0.25, -0.2) is 4.79 Å². The van der Waals surface area contributed by atoms with Gasteiger partial charge in [0.2, 0.25) is 5.91 Å². The highest BCUT2D eigenvalue weighted by molar-refractivity contribution is 6.37. The Balaban J connectivity index is 1.68. The normalized spacial score (nSPS) is 19.9. The summed E-state index contributed by atoms with van der Waals surface area (Å²) in [6, 6.07) is 4.99. The number of aliphatic carboxylic acids is 1. The van der Waals surface area contributed by atoms with Crippen molar-refractivity contribution in [1.29, 1.82) is 0 Å². The van der Waals surface area contributed by atoms with E-state index in [4.69, 9.17) is 23.2 Å². The van der Waals surface area contributed by atoms with Gasteiger partial charge >= 0.3 is 5.97 Å². The van der Waals surface area contributed by atoms with E-state index in [2.05, 4.69) is 0 Å². The molecule has 2 aliphatic rings. The van der Waals surface area contributed by atoms with E-state index in [0.29, 0.717) is 21.0 Å². The van der Waals surface area contributed by atoms with Gasteiger partial charge in [-0.3, -0.25) is 4.79 Å². The number of nitrogens with zero attached hydrogens (tertiary/aromatic N) is 1. The first-order valence-electron chi connectivity index (χ1n) is 9.56. The second-order valence-electron chi connectivity index (χ2n) is 7.73. The van der Waals surface area contributed by atoms with Crippen molar-refractivity contribution in [3.05, 3.63) is 39.4 Å². The van der Waals surface area contributed by atoms with Gasteiger partial charge < -0.3 is 10.0 Å². The topological polar surface area (TPSA) is 57.6 Å². The summed E-state index contributed by atoms with van der Waals surface area (Å²) in [5.74, 6) is -1.27. The number of rotatable bonds is 4. The zero-order valence-corrected chi connectivity index (χ0v) is 16.9. The second kappa shape index (κ2) is 8.66. The van der Waals surface area contributed by atoms with Gasteiger partial charge in [0.15, 0.2) is 0 Å². The molecule has 1 heterocycles. The van der Waals surface area contributed by atoms with Crippen LogP contribution in [0.25, 0.3) is 6.08 Å². The molecule has 27 heavy (non-hydrogen) atoms. The molecule has 1 N–H and O–H groups in total. The lowest BCUT2D eigenvalue weighted by atomic mass is 9.68. The summed E-state index contributed by atoms with van der Waals surface area (Å²) in [5, 5.41) is 10.3. The first-order chi connectivity index (χ1) is 12.9. The van der Waals surface area contributed by atoms with Crippen LogP contribution in [0.5, 0.6) is 0 Å². The molecule has 6 heteroatoms.